The van der Waals surface area contributed by atoms with Gasteiger partial charge in [-0.1, -0.05) is 0 Å². The molecule has 1 aromatic rings. The second-order valence-electron chi connectivity index (χ2n) is 3.24. The Hall–Kier alpha value is -1.78. The molecule has 0 fully saturated rings. The Bertz CT molecular complexity index is 332. The Labute approximate surface area is 88.0 Å². The second-order valence-corrected chi connectivity index (χ2v) is 3.24. The molecule has 0 aromatic carbocycles. The minimum absolute atomic E-state index is 0.0204. The van der Waals surface area contributed by atoms with Crippen molar-refractivity contribution in [3.8, 4) is 0 Å². The van der Waals surface area contributed by atoms with Crippen LogP contribution in [0.5, 0.6) is 0 Å². The summed E-state index contributed by atoms with van der Waals surface area (Å²) in [4.78, 5) is 23.5. The second kappa shape index (κ2) is 5.19. The van der Waals surface area contributed by atoms with Gasteiger partial charge in [-0.2, -0.15) is 0 Å². The average Bonchev–Trinajstić information content (AvgIpc) is 2.66. The number of nitrogens with one attached hydrogen (secondary N) is 1. The maximum Gasteiger partial charge on any atom is 0.242 e. The smallest absolute Gasteiger partial charge is 0.242 e. The number of rotatable bonds is 4. The molecule has 1 rings (SSSR count). The summed E-state index contributed by atoms with van der Waals surface area (Å²) < 4.78 is 5.10. The van der Waals surface area contributed by atoms with Crippen molar-refractivity contribution >= 4 is 11.8 Å². The Morgan fingerprint density at radius 1 is 1.53 bits per heavy atom. The van der Waals surface area contributed by atoms with Gasteiger partial charge in [0.25, 0.3) is 0 Å². The minimum Gasteiger partial charge on any atom is -0.467 e. The largest absolute Gasteiger partial charge is 0.467 e. The number of likely N-dealkylation sites (N-methyl/N-ethyl adjacent to an activating group) is 1. The van der Waals surface area contributed by atoms with Crippen LogP contribution in [-0.2, 0) is 16.1 Å². The Morgan fingerprint density at radius 2 is 2.27 bits per heavy atom. The highest BCUT2D eigenvalue weighted by Gasteiger charge is 2.10. The highest BCUT2D eigenvalue weighted by atomic mass is 16.3. The van der Waals surface area contributed by atoms with E-state index in [-0.39, 0.29) is 18.4 Å². The summed E-state index contributed by atoms with van der Waals surface area (Å²) >= 11 is 0. The van der Waals surface area contributed by atoms with Gasteiger partial charge in [-0.3, -0.25) is 9.59 Å². The molecule has 0 atom stereocenters. The normalized spacial score (nSPS) is 9.73. The SMILES string of the molecule is CC(=O)NCC(=O)N(C)Cc1ccco1. The molecule has 0 saturated heterocycles. The first-order valence-corrected chi connectivity index (χ1v) is 4.60. The van der Waals surface area contributed by atoms with Crippen molar-refractivity contribution in [3.05, 3.63) is 24.2 Å². The minimum atomic E-state index is -0.213. The van der Waals surface area contributed by atoms with Gasteiger partial charge in [0.15, 0.2) is 0 Å². The van der Waals surface area contributed by atoms with Crippen LogP contribution in [0.15, 0.2) is 22.8 Å². The third kappa shape index (κ3) is 3.84. The van der Waals surface area contributed by atoms with Gasteiger partial charge in [-0.25, -0.2) is 0 Å². The summed E-state index contributed by atoms with van der Waals surface area (Å²) in [6, 6.07) is 3.56. The van der Waals surface area contributed by atoms with Crippen molar-refractivity contribution in [2.45, 2.75) is 13.5 Å². The lowest BCUT2D eigenvalue weighted by Gasteiger charge is -2.15. The number of nitrogens with zero attached hydrogens (tertiary/aromatic N) is 1. The van der Waals surface area contributed by atoms with Crippen molar-refractivity contribution in [1.82, 2.24) is 10.2 Å². The fourth-order valence-corrected chi connectivity index (χ4v) is 1.06. The fraction of sp³-hybridized carbons (Fsp3) is 0.400. The zero-order chi connectivity index (χ0) is 11.3. The molecule has 0 aliphatic heterocycles. The Balaban J connectivity index is 2.36. The van der Waals surface area contributed by atoms with Crippen LogP contribution in [0, 0.1) is 0 Å². The van der Waals surface area contributed by atoms with Crippen LogP contribution < -0.4 is 5.32 Å². The molecule has 1 N–H and O–H groups in total. The molecule has 2 amide bonds. The maximum absolute atomic E-state index is 11.4. The lowest BCUT2D eigenvalue weighted by Crippen LogP contribution is -2.36. The van der Waals surface area contributed by atoms with E-state index in [1.807, 2.05) is 0 Å². The van der Waals surface area contributed by atoms with Gasteiger partial charge in [-0.15, -0.1) is 0 Å². The summed E-state index contributed by atoms with van der Waals surface area (Å²) in [6.45, 7) is 1.80. The summed E-state index contributed by atoms with van der Waals surface area (Å²) in [5, 5.41) is 2.45. The predicted molar refractivity (Wildman–Crippen MR) is 53.9 cm³/mol. The van der Waals surface area contributed by atoms with Gasteiger partial charge < -0.3 is 14.6 Å². The summed E-state index contributed by atoms with van der Waals surface area (Å²) in [5.74, 6) is 0.352. The zero-order valence-corrected chi connectivity index (χ0v) is 8.82. The molecular formula is C10H14N2O3. The van der Waals surface area contributed by atoms with E-state index in [2.05, 4.69) is 5.32 Å². The molecule has 82 valence electrons. The van der Waals surface area contributed by atoms with E-state index in [1.165, 1.54) is 11.8 Å². The number of carbonyl (C=O) groups is 2. The highest BCUT2D eigenvalue weighted by Crippen LogP contribution is 2.03. The van der Waals surface area contributed by atoms with Gasteiger partial charge in [0.2, 0.25) is 11.8 Å². The number of hydrogen-bond acceptors (Lipinski definition) is 3. The predicted octanol–water partition coefficient (Wildman–Crippen LogP) is 0.374. The third-order valence-corrected chi connectivity index (χ3v) is 1.89. The maximum atomic E-state index is 11.4. The molecule has 0 radical (unpaired) electrons. The first-order valence-electron chi connectivity index (χ1n) is 4.60. The van der Waals surface area contributed by atoms with Crippen LogP contribution in [0.4, 0.5) is 0 Å². The van der Waals surface area contributed by atoms with Crippen LogP contribution >= 0.6 is 0 Å². The van der Waals surface area contributed by atoms with Gasteiger partial charge >= 0.3 is 0 Å². The first-order chi connectivity index (χ1) is 7.09. The lowest BCUT2D eigenvalue weighted by molar-refractivity contribution is -0.132. The molecule has 0 aliphatic rings. The molecular weight excluding hydrogens is 196 g/mol. The molecule has 1 aromatic heterocycles. The monoisotopic (exact) mass is 210 g/mol. The molecule has 5 heteroatoms. The van der Waals surface area contributed by atoms with Crippen LogP contribution in [0.3, 0.4) is 0 Å². The van der Waals surface area contributed by atoms with E-state index < -0.39 is 0 Å². The molecule has 0 unspecified atom stereocenters. The highest BCUT2D eigenvalue weighted by molar-refractivity contribution is 5.83. The van der Waals surface area contributed by atoms with Gasteiger partial charge in [0.1, 0.15) is 5.76 Å². The topological polar surface area (TPSA) is 62.6 Å². The van der Waals surface area contributed by atoms with Crippen LogP contribution in [0.1, 0.15) is 12.7 Å². The molecule has 1 heterocycles. The molecule has 0 saturated carbocycles. The van der Waals surface area contributed by atoms with Crippen molar-refractivity contribution in [2.24, 2.45) is 0 Å². The summed E-state index contributed by atoms with van der Waals surface area (Å²) in [6.07, 6.45) is 1.56. The molecule has 0 bridgehead atoms. The molecule has 0 aliphatic carbocycles. The number of furan rings is 1. The van der Waals surface area contributed by atoms with Crippen LogP contribution in [0.2, 0.25) is 0 Å². The van der Waals surface area contributed by atoms with Crippen molar-refractivity contribution in [3.63, 3.8) is 0 Å². The van der Waals surface area contributed by atoms with Gasteiger partial charge in [0.05, 0.1) is 19.4 Å². The number of carbonyl (C=O) groups excluding carboxylic acids is 2. The number of amides is 2. The zero-order valence-electron chi connectivity index (χ0n) is 8.82. The molecule has 0 spiro atoms. The molecule has 5 nitrogen and oxygen atoms in total. The lowest BCUT2D eigenvalue weighted by atomic mass is 10.4. The summed E-state index contributed by atoms with van der Waals surface area (Å²) in [5.41, 5.74) is 0. The van der Waals surface area contributed by atoms with Crippen LogP contribution in [0.25, 0.3) is 0 Å². The van der Waals surface area contributed by atoms with E-state index in [1.54, 1.807) is 25.4 Å². The van der Waals surface area contributed by atoms with E-state index in [4.69, 9.17) is 4.42 Å². The fourth-order valence-electron chi connectivity index (χ4n) is 1.06. The van der Waals surface area contributed by atoms with E-state index in [9.17, 15) is 9.59 Å². The van der Waals surface area contributed by atoms with Crippen molar-refractivity contribution in [2.75, 3.05) is 13.6 Å². The molecule has 15 heavy (non-hydrogen) atoms. The quantitative estimate of drug-likeness (QED) is 0.781. The van der Waals surface area contributed by atoms with Gasteiger partial charge in [-0.05, 0) is 12.1 Å². The van der Waals surface area contributed by atoms with Crippen LogP contribution in [-0.4, -0.2) is 30.3 Å². The average molecular weight is 210 g/mol. The van der Waals surface area contributed by atoms with E-state index in [0.29, 0.717) is 12.3 Å². The van der Waals surface area contributed by atoms with Crippen molar-refractivity contribution in [1.29, 1.82) is 0 Å². The van der Waals surface area contributed by atoms with Crippen molar-refractivity contribution < 1.29 is 14.0 Å². The van der Waals surface area contributed by atoms with Gasteiger partial charge in [0, 0.05) is 14.0 Å². The third-order valence-electron chi connectivity index (χ3n) is 1.89. The Morgan fingerprint density at radius 3 is 2.80 bits per heavy atom. The standard InChI is InChI=1S/C10H14N2O3/c1-8(13)11-6-10(14)12(2)7-9-4-3-5-15-9/h3-5H,6-7H2,1-2H3,(H,11,13). The van der Waals surface area contributed by atoms with E-state index in [0.717, 1.165) is 0 Å². The first kappa shape index (κ1) is 11.3. The van der Waals surface area contributed by atoms with E-state index >= 15 is 0 Å². The number of hydrogen-bond donors (Lipinski definition) is 1. The summed E-state index contributed by atoms with van der Waals surface area (Å²) in [7, 11) is 1.66. The Kier molecular flexibility index (Phi) is 3.91.